The third-order valence-electron chi connectivity index (χ3n) is 5.55. The predicted molar refractivity (Wildman–Crippen MR) is 101 cm³/mol. The molecule has 1 unspecified atom stereocenters. The Balaban J connectivity index is 1.73. The van der Waals surface area contributed by atoms with E-state index in [0.717, 1.165) is 37.1 Å². The average molecular weight is 368 g/mol. The molecule has 1 saturated heterocycles. The van der Waals surface area contributed by atoms with E-state index in [1.54, 1.807) is 4.90 Å². The van der Waals surface area contributed by atoms with Crippen LogP contribution in [0.25, 0.3) is 5.57 Å². The first-order chi connectivity index (χ1) is 13.0. The standard InChI is InChI=1S/C22H22F2N2O/c1-22(10-5-11-25-22)21(27)26-14-16(18-13-17(23)8-9-19(18)24)12-20(26)15-6-3-2-4-7-15/h2-4,6-9,12-13,20,25H,5,10-11,14H2,1H3/t20?,22-/m1/s1. The van der Waals surface area contributed by atoms with E-state index in [0.29, 0.717) is 5.57 Å². The number of halogens is 2. The second kappa shape index (κ2) is 6.89. The van der Waals surface area contributed by atoms with Crippen molar-refractivity contribution in [1.82, 2.24) is 10.2 Å². The first-order valence-electron chi connectivity index (χ1n) is 9.25. The van der Waals surface area contributed by atoms with Gasteiger partial charge in [0.05, 0.1) is 11.6 Å². The Kier molecular flexibility index (Phi) is 4.56. The monoisotopic (exact) mass is 368 g/mol. The lowest BCUT2D eigenvalue weighted by Crippen LogP contribution is -2.52. The average Bonchev–Trinajstić information content (AvgIpc) is 3.31. The molecule has 2 aliphatic rings. The molecule has 4 rings (SSSR count). The van der Waals surface area contributed by atoms with Gasteiger partial charge in [0.25, 0.3) is 0 Å². The van der Waals surface area contributed by atoms with Crippen LogP contribution in [0.4, 0.5) is 8.78 Å². The lowest BCUT2D eigenvalue weighted by molar-refractivity contribution is -0.137. The van der Waals surface area contributed by atoms with Crippen LogP contribution in [0.3, 0.4) is 0 Å². The van der Waals surface area contributed by atoms with Crippen LogP contribution in [0, 0.1) is 11.6 Å². The first-order valence-corrected chi connectivity index (χ1v) is 9.25. The fraction of sp³-hybridized carbons (Fsp3) is 0.318. The van der Waals surface area contributed by atoms with E-state index in [4.69, 9.17) is 0 Å². The van der Waals surface area contributed by atoms with E-state index < -0.39 is 17.2 Å². The van der Waals surface area contributed by atoms with E-state index in [-0.39, 0.29) is 24.1 Å². The van der Waals surface area contributed by atoms with Crippen LogP contribution in [0.2, 0.25) is 0 Å². The molecule has 3 nitrogen and oxygen atoms in total. The van der Waals surface area contributed by atoms with Crippen LogP contribution in [-0.2, 0) is 4.79 Å². The minimum Gasteiger partial charge on any atom is -0.326 e. The van der Waals surface area contributed by atoms with Gasteiger partial charge in [0.15, 0.2) is 0 Å². The molecule has 0 aromatic heterocycles. The van der Waals surface area contributed by atoms with Gasteiger partial charge in [-0.2, -0.15) is 0 Å². The molecule has 0 saturated carbocycles. The van der Waals surface area contributed by atoms with Crippen LogP contribution in [0.15, 0.2) is 54.6 Å². The molecule has 5 heteroatoms. The quantitative estimate of drug-likeness (QED) is 0.886. The van der Waals surface area contributed by atoms with Crippen molar-refractivity contribution in [1.29, 1.82) is 0 Å². The third-order valence-corrected chi connectivity index (χ3v) is 5.55. The minimum atomic E-state index is -0.614. The highest BCUT2D eigenvalue weighted by atomic mass is 19.1. The maximum absolute atomic E-state index is 14.3. The molecular formula is C22H22F2N2O. The Hall–Kier alpha value is -2.53. The largest absolute Gasteiger partial charge is 0.326 e. The lowest BCUT2D eigenvalue weighted by atomic mass is 9.97. The number of rotatable bonds is 3. The molecule has 0 spiro atoms. The molecule has 2 aliphatic heterocycles. The molecule has 2 atom stereocenters. The number of carbonyl (C=O) groups excluding carboxylic acids is 1. The topological polar surface area (TPSA) is 32.3 Å². The second-order valence-corrected chi connectivity index (χ2v) is 7.47. The van der Waals surface area contributed by atoms with E-state index in [1.807, 2.05) is 43.3 Å². The van der Waals surface area contributed by atoms with Crippen molar-refractivity contribution in [3.63, 3.8) is 0 Å². The van der Waals surface area contributed by atoms with Crippen molar-refractivity contribution in [2.24, 2.45) is 0 Å². The third kappa shape index (κ3) is 3.28. The SMILES string of the molecule is C[C@]1(C(=O)N2CC(c3cc(F)ccc3F)=CC2c2ccccc2)CCCN1. The number of benzene rings is 2. The molecule has 27 heavy (non-hydrogen) atoms. The normalized spacial score (nSPS) is 24.9. The molecule has 0 radical (unpaired) electrons. The summed E-state index contributed by atoms with van der Waals surface area (Å²) in [6, 6.07) is 12.8. The summed E-state index contributed by atoms with van der Waals surface area (Å²) in [6.07, 6.45) is 3.60. The van der Waals surface area contributed by atoms with Crippen LogP contribution in [0.5, 0.6) is 0 Å². The Labute approximate surface area is 157 Å². The molecule has 1 fully saturated rings. The smallest absolute Gasteiger partial charge is 0.243 e. The fourth-order valence-corrected chi connectivity index (χ4v) is 4.05. The Morgan fingerprint density at radius 1 is 1.19 bits per heavy atom. The number of carbonyl (C=O) groups is 1. The molecule has 0 aliphatic carbocycles. The zero-order valence-corrected chi connectivity index (χ0v) is 15.2. The number of hydrogen-bond acceptors (Lipinski definition) is 2. The maximum Gasteiger partial charge on any atom is 0.243 e. The van der Waals surface area contributed by atoms with Crippen molar-refractivity contribution in [2.45, 2.75) is 31.3 Å². The Bertz CT molecular complexity index is 888. The number of hydrogen-bond donors (Lipinski definition) is 1. The van der Waals surface area contributed by atoms with Gasteiger partial charge in [0.1, 0.15) is 11.6 Å². The molecule has 2 aromatic carbocycles. The fourth-order valence-electron chi connectivity index (χ4n) is 4.05. The molecule has 2 heterocycles. The lowest BCUT2D eigenvalue weighted by Gasteiger charge is -2.33. The summed E-state index contributed by atoms with van der Waals surface area (Å²) in [5.41, 5.74) is 1.20. The highest BCUT2D eigenvalue weighted by molar-refractivity contribution is 5.90. The van der Waals surface area contributed by atoms with E-state index in [1.165, 1.54) is 6.07 Å². The van der Waals surface area contributed by atoms with Crippen molar-refractivity contribution >= 4 is 11.5 Å². The van der Waals surface area contributed by atoms with Gasteiger partial charge in [0, 0.05) is 12.1 Å². The van der Waals surface area contributed by atoms with Crippen molar-refractivity contribution in [2.75, 3.05) is 13.1 Å². The molecule has 140 valence electrons. The zero-order chi connectivity index (χ0) is 19.0. The summed E-state index contributed by atoms with van der Waals surface area (Å²) in [7, 11) is 0. The van der Waals surface area contributed by atoms with Gasteiger partial charge in [-0.25, -0.2) is 8.78 Å². The van der Waals surface area contributed by atoms with Crippen LogP contribution in [0.1, 0.15) is 36.9 Å². The van der Waals surface area contributed by atoms with E-state index in [2.05, 4.69) is 5.32 Å². The summed E-state index contributed by atoms with van der Waals surface area (Å²) in [4.78, 5) is 15.1. The van der Waals surface area contributed by atoms with Crippen molar-refractivity contribution in [3.8, 4) is 0 Å². The molecule has 1 N–H and O–H groups in total. The van der Waals surface area contributed by atoms with Crippen molar-refractivity contribution in [3.05, 3.63) is 77.4 Å². The van der Waals surface area contributed by atoms with Crippen LogP contribution in [-0.4, -0.2) is 29.4 Å². The summed E-state index contributed by atoms with van der Waals surface area (Å²) in [6.45, 7) is 2.99. The van der Waals surface area contributed by atoms with E-state index in [9.17, 15) is 13.6 Å². The highest BCUT2D eigenvalue weighted by Gasteiger charge is 2.43. The first kappa shape index (κ1) is 17.9. The molecule has 0 bridgehead atoms. The van der Waals surface area contributed by atoms with Gasteiger partial charge in [-0.15, -0.1) is 0 Å². The van der Waals surface area contributed by atoms with Gasteiger partial charge < -0.3 is 10.2 Å². The molecule has 2 aromatic rings. The molecular weight excluding hydrogens is 346 g/mol. The van der Waals surface area contributed by atoms with Gasteiger partial charge in [-0.1, -0.05) is 36.4 Å². The maximum atomic E-state index is 14.3. The second-order valence-electron chi connectivity index (χ2n) is 7.47. The van der Waals surface area contributed by atoms with Gasteiger partial charge in [-0.3, -0.25) is 4.79 Å². The Morgan fingerprint density at radius 3 is 2.67 bits per heavy atom. The number of nitrogens with one attached hydrogen (secondary N) is 1. The Morgan fingerprint density at radius 2 is 1.96 bits per heavy atom. The van der Waals surface area contributed by atoms with Gasteiger partial charge in [0.2, 0.25) is 5.91 Å². The van der Waals surface area contributed by atoms with E-state index >= 15 is 0 Å². The van der Waals surface area contributed by atoms with Gasteiger partial charge >= 0.3 is 0 Å². The summed E-state index contributed by atoms with van der Waals surface area (Å²) < 4.78 is 28.0. The van der Waals surface area contributed by atoms with Gasteiger partial charge in [-0.05, 0) is 55.6 Å². The van der Waals surface area contributed by atoms with Crippen LogP contribution >= 0.6 is 0 Å². The summed E-state index contributed by atoms with van der Waals surface area (Å²) in [5.74, 6) is -0.969. The number of amides is 1. The number of nitrogens with zero attached hydrogens (tertiary/aromatic N) is 1. The van der Waals surface area contributed by atoms with Crippen LogP contribution < -0.4 is 5.32 Å². The summed E-state index contributed by atoms with van der Waals surface area (Å²) >= 11 is 0. The van der Waals surface area contributed by atoms with Crippen molar-refractivity contribution < 1.29 is 13.6 Å². The zero-order valence-electron chi connectivity index (χ0n) is 15.2. The predicted octanol–water partition coefficient (Wildman–Crippen LogP) is 4.07. The summed E-state index contributed by atoms with van der Waals surface area (Å²) in [5, 5.41) is 3.31. The highest BCUT2D eigenvalue weighted by Crippen LogP contribution is 2.38. The molecule has 1 amide bonds. The minimum absolute atomic E-state index is 0.00286.